The number of rotatable bonds is 3. The molecule has 8 nitrogen and oxygen atoms in total. The van der Waals surface area contributed by atoms with Crippen molar-refractivity contribution in [1.82, 2.24) is 24.4 Å². The van der Waals surface area contributed by atoms with Crippen LogP contribution in [0.4, 0.5) is 5.95 Å². The van der Waals surface area contributed by atoms with Crippen LogP contribution in [-0.4, -0.2) is 56.5 Å². The fourth-order valence-electron chi connectivity index (χ4n) is 3.76. The number of para-hydroxylation sites is 1. The molecule has 8 heteroatoms. The first kappa shape index (κ1) is 18.9. The van der Waals surface area contributed by atoms with Crippen molar-refractivity contribution in [2.75, 3.05) is 31.1 Å². The van der Waals surface area contributed by atoms with Gasteiger partial charge in [-0.15, -0.1) is 0 Å². The summed E-state index contributed by atoms with van der Waals surface area (Å²) in [5.41, 5.74) is 1.79. The van der Waals surface area contributed by atoms with Crippen molar-refractivity contribution < 1.29 is 4.79 Å². The van der Waals surface area contributed by atoms with E-state index in [9.17, 15) is 9.59 Å². The van der Waals surface area contributed by atoms with Gasteiger partial charge in [-0.05, 0) is 42.5 Å². The summed E-state index contributed by atoms with van der Waals surface area (Å²) in [6, 6.07) is 16.1. The van der Waals surface area contributed by atoms with E-state index in [1.54, 1.807) is 48.8 Å². The second-order valence-electron chi connectivity index (χ2n) is 7.31. The Morgan fingerprint density at radius 3 is 2.26 bits per heavy atom. The van der Waals surface area contributed by atoms with E-state index in [2.05, 4.69) is 19.9 Å². The SMILES string of the molecule is O=C(c1ccc(-n2cnc3ccccc3c2=O)cc1)N1CCN(c2ncccn2)CC1. The van der Waals surface area contributed by atoms with Crippen LogP contribution in [0.1, 0.15) is 10.4 Å². The van der Waals surface area contributed by atoms with Crippen LogP contribution in [-0.2, 0) is 0 Å². The number of anilines is 1. The van der Waals surface area contributed by atoms with Gasteiger partial charge in [0, 0.05) is 44.1 Å². The van der Waals surface area contributed by atoms with Crippen LogP contribution >= 0.6 is 0 Å². The molecule has 0 atom stereocenters. The lowest BCUT2D eigenvalue weighted by atomic mass is 10.1. The highest BCUT2D eigenvalue weighted by molar-refractivity contribution is 5.94. The highest BCUT2D eigenvalue weighted by Gasteiger charge is 2.23. The molecule has 0 N–H and O–H groups in total. The van der Waals surface area contributed by atoms with Crippen LogP contribution in [0.2, 0.25) is 0 Å². The first-order valence-electron chi connectivity index (χ1n) is 10.1. The van der Waals surface area contributed by atoms with E-state index < -0.39 is 0 Å². The van der Waals surface area contributed by atoms with Crippen molar-refractivity contribution in [1.29, 1.82) is 0 Å². The standard InChI is InChI=1S/C23H20N6O2/c30-21(27-12-14-28(15-13-27)23-24-10-3-11-25-23)17-6-8-18(9-7-17)29-16-26-20-5-2-1-4-19(20)22(29)31/h1-11,16H,12-15H2. The van der Waals surface area contributed by atoms with Crippen LogP contribution in [0.3, 0.4) is 0 Å². The van der Waals surface area contributed by atoms with Gasteiger partial charge in [0.2, 0.25) is 5.95 Å². The van der Waals surface area contributed by atoms with Crippen molar-refractivity contribution in [2.24, 2.45) is 0 Å². The van der Waals surface area contributed by atoms with Crippen LogP contribution in [0.5, 0.6) is 0 Å². The van der Waals surface area contributed by atoms with Gasteiger partial charge in [0.05, 0.1) is 16.6 Å². The molecule has 1 aliphatic heterocycles. The van der Waals surface area contributed by atoms with E-state index in [0.29, 0.717) is 54.3 Å². The first-order chi connectivity index (χ1) is 15.2. The summed E-state index contributed by atoms with van der Waals surface area (Å²) in [6.07, 6.45) is 4.96. The number of hydrogen-bond acceptors (Lipinski definition) is 6. The minimum Gasteiger partial charge on any atom is -0.337 e. The van der Waals surface area contributed by atoms with Crippen LogP contribution in [0.15, 0.2) is 78.1 Å². The molecule has 1 amide bonds. The number of carbonyl (C=O) groups is 1. The second-order valence-corrected chi connectivity index (χ2v) is 7.31. The maximum Gasteiger partial charge on any atom is 0.265 e. The summed E-state index contributed by atoms with van der Waals surface area (Å²) in [4.78, 5) is 42.5. The molecule has 5 rings (SSSR count). The third-order valence-electron chi connectivity index (χ3n) is 5.46. The Labute approximate surface area is 178 Å². The molecule has 2 aromatic heterocycles. The van der Waals surface area contributed by atoms with Crippen molar-refractivity contribution >= 4 is 22.8 Å². The Morgan fingerprint density at radius 2 is 1.52 bits per heavy atom. The fraction of sp³-hybridized carbons (Fsp3) is 0.174. The van der Waals surface area contributed by atoms with Gasteiger partial charge in [-0.2, -0.15) is 0 Å². The number of nitrogens with zero attached hydrogens (tertiary/aromatic N) is 6. The van der Waals surface area contributed by atoms with Crippen molar-refractivity contribution in [3.63, 3.8) is 0 Å². The van der Waals surface area contributed by atoms with Gasteiger partial charge in [-0.1, -0.05) is 12.1 Å². The predicted molar refractivity (Wildman–Crippen MR) is 117 cm³/mol. The average molecular weight is 412 g/mol. The lowest BCUT2D eigenvalue weighted by Gasteiger charge is -2.34. The Kier molecular flexibility index (Phi) is 4.87. The first-order valence-corrected chi connectivity index (χ1v) is 10.1. The third kappa shape index (κ3) is 3.63. The van der Waals surface area contributed by atoms with Gasteiger partial charge >= 0.3 is 0 Å². The van der Waals surface area contributed by atoms with Gasteiger partial charge < -0.3 is 9.80 Å². The second kappa shape index (κ2) is 7.98. The summed E-state index contributed by atoms with van der Waals surface area (Å²) in [6.45, 7) is 2.58. The average Bonchev–Trinajstić information content (AvgIpc) is 2.85. The van der Waals surface area contributed by atoms with Crippen LogP contribution in [0.25, 0.3) is 16.6 Å². The summed E-state index contributed by atoms with van der Waals surface area (Å²) < 4.78 is 1.50. The summed E-state index contributed by atoms with van der Waals surface area (Å²) in [5.74, 6) is 0.664. The molecule has 31 heavy (non-hydrogen) atoms. The number of fused-ring (bicyclic) bond motifs is 1. The maximum atomic E-state index is 12.9. The van der Waals surface area contributed by atoms with Gasteiger partial charge in [0.25, 0.3) is 11.5 Å². The lowest BCUT2D eigenvalue weighted by molar-refractivity contribution is 0.0746. The third-order valence-corrected chi connectivity index (χ3v) is 5.46. The molecule has 2 aromatic carbocycles. The number of aromatic nitrogens is 4. The minimum absolute atomic E-state index is 0.0239. The molecule has 1 fully saturated rings. The van der Waals surface area contributed by atoms with E-state index in [0.717, 1.165) is 0 Å². The monoisotopic (exact) mass is 412 g/mol. The number of amides is 1. The highest BCUT2D eigenvalue weighted by Crippen LogP contribution is 2.15. The Bertz CT molecular complexity index is 1280. The van der Waals surface area contributed by atoms with Gasteiger partial charge in [-0.25, -0.2) is 15.0 Å². The molecule has 0 aliphatic carbocycles. The summed E-state index contributed by atoms with van der Waals surface area (Å²) in [7, 11) is 0. The van der Waals surface area contributed by atoms with E-state index >= 15 is 0 Å². The molecule has 0 radical (unpaired) electrons. The molecule has 0 spiro atoms. The quantitative estimate of drug-likeness (QED) is 0.513. The van der Waals surface area contributed by atoms with Crippen LogP contribution in [0, 0.1) is 0 Å². The molecular weight excluding hydrogens is 392 g/mol. The zero-order chi connectivity index (χ0) is 21.2. The normalized spacial score (nSPS) is 14.1. The molecule has 1 aliphatic rings. The van der Waals surface area contributed by atoms with Gasteiger partial charge in [0.15, 0.2) is 0 Å². The predicted octanol–water partition coefficient (Wildman–Crippen LogP) is 2.14. The number of benzene rings is 2. The summed E-state index contributed by atoms with van der Waals surface area (Å²) >= 11 is 0. The topological polar surface area (TPSA) is 84.2 Å². The zero-order valence-electron chi connectivity index (χ0n) is 16.8. The van der Waals surface area contributed by atoms with Crippen molar-refractivity contribution in [2.45, 2.75) is 0 Å². The zero-order valence-corrected chi connectivity index (χ0v) is 16.8. The van der Waals surface area contributed by atoms with Crippen LogP contribution < -0.4 is 10.5 Å². The Balaban J connectivity index is 1.31. The minimum atomic E-state index is -0.135. The number of carbonyl (C=O) groups excluding carboxylic acids is 1. The summed E-state index contributed by atoms with van der Waals surface area (Å²) in [5, 5.41) is 0.561. The molecular formula is C23H20N6O2. The molecule has 0 saturated carbocycles. The van der Waals surface area contributed by atoms with Gasteiger partial charge in [0.1, 0.15) is 6.33 Å². The van der Waals surface area contributed by atoms with E-state index in [1.165, 1.54) is 10.9 Å². The molecule has 154 valence electrons. The number of piperazine rings is 1. The van der Waals surface area contributed by atoms with E-state index in [4.69, 9.17) is 0 Å². The van der Waals surface area contributed by atoms with E-state index in [1.807, 2.05) is 23.1 Å². The molecule has 0 unspecified atom stereocenters. The Hall–Kier alpha value is -4.07. The smallest absolute Gasteiger partial charge is 0.265 e. The largest absolute Gasteiger partial charge is 0.337 e. The maximum absolute atomic E-state index is 12.9. The fourth-order valence-corrected chi connectivity index (χ4v) is 3.76. The van der Waals surface area contributed by atoms with Gasteiger partial charge in [-0.3, -0.25) is 14.2 Å². The molecule has 4 aromatic rings. The number of hydrogen-bond donors (Lipinski definition) is 0. The van der Waals surface area contributed by atoms with E-state index in [-0.39, 0.29) is 11.5 Å². The van der Waals surface area contributed by atoms with Crippen molar-refractivity contribution in [3.05, 3.63) is 89.2 Å². The molecule has 1 saturated heterocycles. The molecule has 0 bridgehead atoms. The Morgan fingerprint density at radius 1 is 0.806 bits per heavy atom. The lowest BCUT2D eigenvalue weighted by Crippen LogP contribution is -2.49. The van der Waals surface area contributed by atoms with Crippen molar-refractivity contribution in [3.8, 4) is 5.69 Å². The molecule has 3 heterocycles. The highest BCUT2D eigenvalue weighted by atomic mass is 16.2.